The average Bonchev–Trinajstić information content (AvgIpc) is 3.42. The maximum Gasteiger partial charge on any atom is 0.307 e. The van der Waals surface area contributed by atoms with E-state index < -0.39 is 41.5 Å². The van der Waals surface area contributed by atoms with Gasteiger partial charge in [-0.25, -0.2) is 4.98 Å². The van der Waals surface area contributed by atoms with Crippen molar-refractivity contribution in [2.24, 2.45) is 11.1 Å². The number of hydrogen-bond donors (Lipinski definition) is 3. The van der Waals surface area contributed by atoms with Crippen molar-refractivity contribution in [3.05, 3.63) is 41.0 Å². The van der Waals surface area contributed by atoms with Crippen LogP contribution in [0.15, 0.2) is 29.8 Å². The van der Waals surface area contributed by atoms with Crippen LogP contribution in [0.25, 0.3) is 10.4 Å². The zero-order valence-corrected chi connectivity index (χ0v) is 21.6. The van der Waals surface area contributed by atoms with Gasteiger partial charge in [0.2, 0.25) is 11.8 Å². The molecule has 0 spiro atoms. The van der Waals surface area contributed by atoms with Crippen molar-refractivity contribution >= 4 is 29.1 Å². The van der Waals surface area contributed by atoms with Crippen molar-refractivity contribution in [2.75, 3.05) is 13.7 Å². The van der Waals surface area contributed by atoms with Crippen molar-refractivity contribution in [2.45, 2.75) is 64.8 Å². The fourth-order valence-electron chi connectivity index (χ4n) is 4.07. The summed E-state index contributed by atoms with van der Waals surface area (Å²) in [6.07, 6.45) is -0.808. The number of rotatable bonds is 7. The summed E-state index contributed by atoms with van der Waals surface area (Å²) in [5.41, 5.74) is 10.1. The number of carbonyl (C=O) groups excluding carboxylic acids is 3. The number of nitrogens with one attached hydrogen (secondary N) is 1. The van der Waals surface area contributed by atoms with Crippen LogP contribution >= 0.6 is 11.3 Å². The molecular formula is C25H34N4O5S. The maximum absolute atomic E-state index is 13.3. The van der Waals surface area contributed by atoms with E-state index in [0.717, 1.165) is 21.7 Å². The molecule has 9 nitrogen and oxygen atoms in total. The number of aromatic nitrogens is 1. The molecule has 1 saturated heterocycles. The Kier molecular flexibility index (Phi) is 8.30. The summed E-state index contributed by atoms with van der Waals surface area (Å²) in [5.74, 6) is -1.32. The van der Waals surface area contributed by atoms with Crippen LogP contribution in [0.3, 0.4) is 0 Å². The minimum Gasteiger partial charge on any atom is -0.469 e. The van der Waals surface area contributed by atoms with Gasteiger partial charge >= 0.3 is 5.97 Å². The molecule has 1 aromatic heterocycles. The number of ether oxygens (including phenoxy) is 1. The van der Waals surface area contributed by atoms with Crippen LogP contribution in [0, 0.1) is 12.3 Å². The Labute approximate surface area is 209 Å². The van der Waals surface area contributed by atoms with E-state index in [1.165, 1.54) is 23.3 Å². The molecule has 0 bridgehead atoms. The molecule has 4 atom stereocenters. The highest BCUT2D eigenvalue weighted by Gasteiger charge is 2.43. The number of amides is 2. The second-order valence-corrected chi connectivity index (χ2v) is 10.8. The Morgan fingerprint density at radius 1 is 1.29 bits per heavy atom. The first-order chi connectivity index (χ1) is 16.4. The Hall–Kier alpha value is -2.82. The van der Waals surface area contributed by atoms with Crippen LogP contribution in [0.2, 0.25) is 0 Å². The molecule has 2 amide bonds. The largest absolute Gasteiger partial charge is 0.469 e. The molecule has 0 aliphatic carbocycles. The van der Waals surface area contributed by atoms with Crippen LogP contribution in [-0.4, -0.2) is 64.6 Å². The van der Waals surface area contributed by atoms with E-state index in [1.54, 1.807) is 5.51 Å². The Morgan fingerprint density at radius 2 is 1.94 bits per heavy atom. The van der Waals surface area contributed by atoms with Crippen molar-refractivity contribution in [1.29, 1.82) is 0 Å². The van der Waals surface area contributed by atoms with Crippen LogP contribution in [-0.2, 0) is 19.1 Å². The van der Waals surface area contributed by atoms with Gasteiger partial charge in [-0.1, -0.05) is 45.0 Å². The van der Waals surface area contributed by atoms with E-state index >= 15 is 0 Å². The van der Waals surface area contributed by atoms with Crippen LogP contribution in [0.4, 0.5) is 0 Å². The lowest BCUT2D eigenvalue weighted by atomic mass is 9.86. The quantitative estimate of drug-likeness (QED) is 0.494. The highest BCUT2D eigenvalue weighted by molar-refractivity contribution is 7.13. The summed E-state index contributed by atoms with van der Waals surface area (Å²) in [4.78, 5) is 45.2. The molecule has 1 fully saturated rings. The number of hydrogen-bond acceptors (Lipinski definition) is 8. The van der Waals surface area contributed by atoms with Gasteiger partial charge in [-0.2, -0.15) is 0 Å². The SMILES string of the molecule is COC(=O)C[C@H](NC(=O)[C@@H]1C[C@@H](O)CN1C(=O)[C@@H](N)C(C)(C)C)c1ccc(-c2scnc2C)cc1. The maximum atomic E-state index is 13.3. The number of esters is 1. The van der Waals surface area contributed by atoms with Crippen molar-refractivity contribution in [3.63, 3.8) is 0 Å². The van der Waals surface area contributed by atoms with Crippen molar-refractivity contribution < 1.29 is 24.2 Å². The third kappa shape index (κ3) is 6.25. The van der Waals surface area contributed by atoms with Gasteiger partial charge in [-0.05, 0) is 23.5 Å². The zero-order chi connectivity index (χ0) is 25.9. The number of nitrogens with two attached hydrogens (primary N) is 1. The van der Waals surface area contributed by atoms with Gasteiger partial charge in [0, 0.05) is 13.0 Å². The van der Waals surface area contributed by atoms with Crippen molar-refractivity contribution in [1.82, 2.24) is 15.2 Å². The number of β-amino-alcohol motifs (C(OH)–C–C–N with tert-alkyl or cyclic N) is 1. The first-order valence-corrected chi connectivity index (χ1v) is 12.4. The summed E-state index contributed by atoms with van der Waals surface area (Å²) < 4.78 is 4.84. The van der Waals surface area contributed by atoms with E-state index in [2.05, 4.69) is 10.3 Å². The van der Waals surface area contributed by atoms with E-state index in [9.17, 15) is 19.5 Å². The normalized spacial score (nSPS) is 19.8. The minimum absolute atomic E-state index is 0.0330. The third-order valence-electron chi connectivity index (χ3n) is 6.30. The molecule has 35 heavy (non-hydrogen) atoms. The number of benzene rings is 1. The highest BCUT2D eigenvalue weighted by atomic mass is 32.1. The molecule has 2 aromatic rings. The van der Waals surface area contributed by atoms with Gasteiger partial charge in [0.15, 0.2) is 0 Å². The summed E-state index contributed by atoms with van der Waals surface area (Å²) >= 11 is 1.54. The van der Waals surface area contributed by atoms with Gasteiger partial charge < -0.3 is 25.8 Å². The standard InChI is InChI=1S/C25H34N4O5S/c1-14-21(35-13-27-14)16-8-6-15(7-9-16)18(11-20(31)34-5)28-23(32)19-10-17(30)12-29(19)24(33)22(26)25(2,3)4/h6-9,13,17-19,22,30H,10-12,26H2,1-5H3,(H,28,32)/t17-,18+,19+,22-/m1/s1. The number of methoxy groups -OCH3 is 1. The summed E-state index contributed by atoms with van der Waals surface area (Å²) in [6, 6.07) is 5.17. The minimum atomic E-state index is -0.884. The molecule has 1 aliphatic rings. The van der Waals surface area contributed by atoms with E-state index in [-0.39, 0.29) is 25.3 Å². The lowest BCUT2D eigenvalue weighted by Crippen LogP contribution is -2.55. The monoisotopic (exact) mass is 502 g/mol. The number of nitrogens with zero attached hydrogens (tertiary/aromatic N) is 2. The van der Waals surface area contributed by atoms with Gasteiger partial charge in [0.05, 0.1) is 47.8 Å². The predicted molar refractivity (Wildman–Crippen MR) is 133 cm³/mol. The van der Waals surface area contributed by atoms with Gasteiger partial charge in [0.1, 0.15) is 6.04 Å². The fourth-order valence-corrected chi connectivity index (χ4v) is 4.88. The number of thiazole rings is 1. The number of aryl methyl sites for hydroxylation is 1. The topological polar surface area (TPSA) is 135 Å². The molecule has 1 aliphatic heterocycles. The third-order valence-corrected chi connectivity index (χ3v) is 7.28. The van der Waals surface area contributed by atoms with Crippen LogP contribution < -0.4 is 11.1 Å². The second kappa shape index (κ2) is 10.8. The molecule has 4 N–H and O–H groups in total. The number of likely N-dealkylation sites (tertiary alicyclic amines) is 1. The number of carbonyl (C=O) groups is 3. The summed E-state index contributed by atoms with van der Waals surface area (Å²) in [6.45, 7) is 7.52. The molecule has 3 rings (SSSR count). The van der Waals surface area contributed by atoms with E-state index in [4.69, 9.17) is 10.5 Å². The highest BCUT2D eigenvalue weighted by Crippen LogP contribution is 2.30. The van der Waals surface area contributed by atoms with Crippen LogP contribution in [0.5, 0.6) is 0 Å². The Morgan fingerprint density at radius 3 is 2.49 bits per heavy atom. The second-order valence-electron chi connectivity index (χ2n) is 9.97. The first-order valence-electron chi connectivity index (χ1n) is 11.5. The lowest BCUT2D eigenvalue weighted by Gasteiger charge is -2.33. The molecule has 0 radical (unpaired) electrons. The predicted octanol–water partition coefficient (Wildman–Crippen LogP) is 2.17. The Balaban J connectivity index is 1.82. The fraction of sp³-hybridized carbons (Fsp3) is 0.520. The molecule has 2 heterocycles. The smallest absolute Gasteiger partial charge is 0.307 e. The van der Waals surface area contributed by atoms with Gasteiger partial charge in [0.25, 0.3) is 0 Å². The molecule has 0 saturated carbocycles. The summed E-state index contributed by atoms with van der Waals surface area (Å²) in [7, 11) is 1.29. The van der Waals surface area contributed by atoms with Crippen molar-refractivity contribution in [3.8, 4) is 10.4 Å². The van der Waals surface area contributed by atoms with E-state index in [1.807, 2.05) is 52.0 Å². The molecular weight excluding hydrogens is 468 g/mol. The molecule has 0 unspecified atom stereocenters. The average molecular weight is 503 g/mol. The van der Waals surface area contributed by atoms with E-state index in [0.29, 0.717) is 0 Å². The number of aliphatic hydroxyl groups is 1. The summed E-state index contributed by atoms with van der Waals surface area (Å²) in [5, 5.41) is 13.1. The van der Waals surface area contributed by atoms with Gasteiger partial charge in [-0.15, -0.1) is 11.3 Å². The Bertz CT molecular complexity index is 1060. The molecule has 1 aromatic carbocycles. The number of aliphatic hydroxyl groups excluding tert-OH is 1. The lowest BCUT2D eigenvalue weighted by molar-refractivity contribution is -0.143. The first kappa shape index (κ1) is 26.8. The van der Waals surface area contributed by atoms with Crippen LogP contribution in [0.1, 0.15) is 50.9 Å². The molecule has 190 valence electrons. The zero-order valence-electron chi connectivity index (χ0n) is 20.8. The molecule has 10 heteroatoms. The van der Waals surface area contributed by atoms with Gasteiger partial charge in [-0.3, -0.25) is 14.4 Å².